The van der Waals surface area contributed by atoms with Crippen LogP contribution in [-0.2, 0) is 6.18 Å². The molecular weight excluding hydrogens is 309 g/mol. The highest BCUT2D eigenvalue weighted by Crippen LogP contribution is 2.34. The fraction of sp³-hybridized carbons (Fsp3) is 0.188. The van der Waals surface area contributed by atoms with Gasteiger partial charge in [0.2, 0.25) is 0 Å². The Morgan fingerprint density at radius 3 is 2.52 bits per heavy atom. The van der Waals surface area contributed by atoms with E-state index in [0.717, 1.165) is 6.07 Å². The maximum Gasteiger partial charge on any atom is 0.418 e. The normalized spacial score (nSPS) is 14.0. The van der Waals surface area contributed by atoms with Crippen molar-refractivity contribution in [3.05, 3.63) is 53.6 Å². The molecule has 0 atom stereocenters. The van der Waals surface area contributed by atoms with E-state index in [1.165, 1.54) is 24.4 Å². The quantitative estimate of drug-likeness (QED) is 0.688. The molecule has 0 saturated carbocycles. The highest BCUT2D eigenvalue weighted by molar-refractivity contribution is 5.81. The number of anilines is 1. The molecule has 3 rings (SSSR count). The number of ether oxygens (including phenoxy) is 2. The Balaban J connectivity index is 1.75. The van der Waals surface area contributed by atoms with Gasteiger partial charge in [0.1, 0.15) is 13.2 Å². The summed E-state index contributed by atoms with van der Waals surface area (Å²) < 4.78 is 49.4. The number of fused-ring (bicyclic) bond motifs is 1. The first-order valence-corrected chi connectivity index (χ1v) is 6.89. The Morgan fingerprint density at radius 2 is 1.74 bits per heavy atom. The second-order valence-corrected chi connectivity index (χ2v) is 4.82. The average molecular weight is 322 g/mol. The maximum atomic E-state index is 12.9. The topological polar surface area (TPSA) is 42.9 Å². The number of hydrogen-bond acceptors (Lipinski definition) is 4. The summed E-state index contributed by atoms with van der Waals surface area (Å²) in [6.45, 7) is 0.959. The van der Waals surface area contributed by atoms with Gasteiger partial charge in [-0.3, -0.25) is 5.43 Å². The number of para-hydroxylation sites is 1. The summed E-state index contributed by atoms with van der Waals surface area (Å²) in [6, 6.07) is 10.4. The van der Waals surface area contributed by atoms with Crippen molar-refractivity contribution >= 4 is 11.9 Å². The summed E-state index contributed by atoms with van der Waals surface area (Å²) in [5.74, 6) is 1.24. The molecule has 0 aliphatic carbocycles. The van der Waals surface area contributed by atoms with E-state index in [1.54, 1.807) is 18.2 Å². The van der Waals surface area contributed by atoms with E-state index in [-0.39, 0.29) is 5.69 Å². The standard InChI is InChI=1S/C16H13F3N2O2/c17-16(18,19)12-3-1-2-4-13(12)21-20-10-11-5-6-14-15(9-11)23-8-7-22-14/h1-6,9-10,21H,7-8H2. The largest absolute Gasteiger partial charge is 0.486 e. The van der Waals surface area contributed by atoms with Crippen LogP contribution in [0.3, 0.4) is 0 Å². The van der Waals surface area contributed by atoms with Crippen LogP contribution in [0.5, 0.6) is 11.5 Å². The molecule has 1 aliphatic heterocycles. The molecular formula is C16H13F3N2O2. The first-order valence-electron chi connectivity index (χ1n) is 6.89. The predicted molar refractivity (Wildman–Crippen MR) is 80.1 cm³/mol. The molecule has 0 aromatic heterocycles. The molecule has 23 heavy (non-hydrogen) atoms. The lowest BCUT2D eigenvalue weighted by Gasteiger charge is -2.18. The van der Waals surface area contributed by atoms with Gasteiger partial charge in [-0.1, -0.05) is 12.1 Å². The van der Waals surface area contributed by atoms with Gasteiger partial charge in [0, 0.05) is 0 Å². The van der Waals surface area contributed by atoms with Crippen molar-refractivity contribution in [2.24, 2.45) is 5.10 Å². The van der Waals surface area contributed by atoms with E-state index in [0.29, 0.717) is 30.3 Å². The molecule has 1 N–H and O–H groups in total. The highest BCUT2D eigenvalue weighted by atomic mass is 19.4. The number of halogens is 3. The summed E-state index contributed by atoms with van der Waals surface area (Å²) >= 11 is 0. The molecule has 0 fully saturated rings. The number of alkyl halides is 3. The minimum Gasteiger partial charge on any atom is -0.486 e. The van der Waals surface area contributed by atoms with Gasteiger partial charge in [0.25, 0.3) is 0 Å². The zero-order valence-corrected chi connectivity index (χ0v) is 11.9. The van der Waals surface area contributed by atoms with Crippen molar-refractivity contribution in [2.75, 3.05) is 18.6 Å². The van der Waals surface area contributed by atoms with E-state index in [2.05, 4.69) is 10.5 Å². The molecule has 0 spiro atoms. The third kappa shape index (κ3) is 3.56. The van der Waals surface area contributed by atoms with Crippen molar-refractivity contribution in [3.8, 4) is 11.5 Å². The Kier molecular flexibility index (Phi) is 4.10. The smallest absolute Gasteiger partial charge is 0.418 e. The van der Waals surface area contributed by atoms with Crippen molar-refractivity contribution < 1.29 is 22.6 Å². The predicted octanol–water partition coefficient (Wildman–Crippen LogP) is 3.92. The minimum atomic E-state index is -4.43. The van der Waals surface area contributed by atoms with Gasteiger partial charge in [0.05, 0.1) is 17.5 Å². The van der Waals surface area contributed by atoms with Crippen molar-refractivity contribution in [2.45, 2.75) is 6.18 Å². The van der Waals surface area contributed by atoms with E-state index in [9.17, 15) is 13.2 Å². The Labute approximate surface area is 130 Å². The molecule has 1 aliphatic rings. The first-order chi connectivity index (χ1) is 11.0. The van der Waals surface area contributed by atoms with Crippen LogP contribution in [0, 0.1) is 0 Å². The SMILES string of the molecule is FC(F)(F)c1ccccc1NN=Cc1ccc2c(c1)OCCO2. The molecule has 2 aromatic carbocycles. The molecule has 0 bridgehead atoms. The first kappa shape index (κ1) is 15.2. The van der Waals surface area contributed by atoms with Crippen molar-refractivity contribution in [3.63, 3.8) is 0 Å². The number of benzene rings is 2. The minimum absolute atomic E-state index is 0.103. The summed E-state index contributed by atoms with van der Waals surface area (Å²) in [7, 11) is 0. The molecule has 0 saturated heterocycles. The van der Waals surface area contributed by atoms with Gasteiger partial charge in [0.15, 0.2) is 11.5 Å². The molecule has 0 radical (unpaired) electrons. The zero-order chi connectivity index (χ0) is 16.3. The van der Waals surface area contributed by atoms with Crippen LogP contribution < -0.4 is 14.9 Å². The molecule has 0 amide bonds. The van der Waals surface area contributed by atoms with Crippen LogP contribution in [0.4, 0.5) is 18.9 Å². The van der Waals surface area contributed by atoms with E-state index < -0.39 is 11.7 Å². The van der Waals surface area contributed by atoms with Gasteiger partial charge < -0.3 is 9.47 Å². The van der Waals surface area contributed by atoms with Crippen LogP contribution in [-0.4, -0.2) is 19.4 Å². The fourth-order valence-corrected chi connectivity index (χ4v) is 2.14. The summed E-state index contributed by atoms with van der Waals surface area (Å²) in [4.78, 5) is 0. The second-order valence-electron chi connectivity index (χ2n) is 4.82. The summed E-state index contributed by atoms with van der Waals surface area (Å²) in [5.41, 5.74) is 2.24. The molecule has 120 valence electrons. The third-order valence-corrected chi connectivity index (χ3v) is 3.20. The number of hydrazone groups is 1. The highest BCUT2D eigenvalue weighted by Gasteiger charge is 2.33. The monoisotopic (exact) mass is 322 g/mol. The molecule has 0 unspecified atom stereocenters. The van der Waals surface area contributed by atoms with Crippen molar-refractivity contribution in [1.29, 1.82) is 0 Å². The average Bonchev–Trinajstić information content (AvgIpc) is 2.54. The van der Waals surface area contributed by atoms with E-state index in [4.69, 9.17) is 9.47 Å². The lowest BCUT2D eigenvalue weighted by atomic mass is 10.2. The summed E-state index contributed by atoms with van der Waals surface area (Å²) in [6.07, 6.45) is -3.01. The van der Waals surface area contributed by atoms with E-state index in [1.807, 2.05) is 0 Å². The molecule has 4 nitrogen and oxygen atoms in total. The van der Waals surface area contributed by atoms with Gasteiger partial charge in [-0.15, -0.1) is 0 Å². The van der Waals surface area contributed by atoms with Crippen LogP contribution in [0.15, 0.2) is 47.6 Å². The number of nitrogens with zero attached hydrogens (tertiary/aromatic N) is 1. The van der Waals surface area contributed by atoms with Gasteiger partial charge in [-0.05, 0) is 35.9 Å². The Bertz CT molecular complexity index is 730. The second kappa shape index (κ2) is 6.20. The zero-order valence-electron chi connectivity index (χ0n) is 11.9. The Hall–Kier alpha value is -2.70. The van der Waals surface area contributed by atoms with Gasteiger partial charge >= 0.3 is 6.18 Å². The molecule has 1 heterocycles. The summed E-state index contributed by atoms with van der Waals surface area (Å²) in [5, 5.41) is 3.86. The lowest BCUT2D eigenvalue weighted by molar-refractivity contribution is -0.136. The van der Waals surface area contributed by atoms with Gasteiger partial charge in [-0.2, -0.15) is 18.3 Å². The van der Waals surface area contributed by atoms with Crippen LogP contribution >= 0.6 is 0 Å². The number of rotatable bonds is 3. The Morgan fingerprint density at radius 1 is 1.00 bits per heavy atom. The molecule has 7 heteroatoms. The van der Waals surface area contributed by atoms with E-state index >= 15 is 0 Å². The fourth-order valence-electron chi connectivity index (χ4n) is 2.14. The van der Waals surface area contributed by atoms with Gasteiger partial charge in [-0.25, -0.2) is 0 Å². The maximum absolute atomic E-state index is 12.9. The third-order valence-electron chi connectivity index (χ3n) is 3.20. The number of nitrogens with one attached hydrogen (secondary N) is 1. The lowest BCUT2D eigenvalue weighted by Crippen LogP contribution is -2.15. The van der Waals surface area contributed by atoms with Crippen LogP contribution in [0.25, 0.3) is 0 Å². The van der Waals surface area contributed by atoms with Crippen LogP contribution in [0.2, 0.25) is 0 Å². The van der Waals surface area contributed by atoms with Crippen LogP contribution in [0.1, 0.15) is 11.1 Å². The molecule has 2 aromatic rings. The van der Waals surface area contributed by atoms with Crippen molar-refractivity contribution in [1.82, 2.24) is 0 Å². The number of hydrogen-bond donors (Lipinski definition) is 1.